The molecule has 0 aromatic heterocycles. The summed E-state index contributed by atoms with van der Waals surface area (Å²) >= 11 is 0. The molecule has 18 heavy (non-hydrogen) atoms. The van der Waals surface area contributed by atoms with Gasteiger partial charge in [0, 0.05) is 6.07 Å². The average molecular weight is 276 g/mol. The van der Waals surface area contributed by atoms with Crippen LogP contribution in [-0.2, 0) is 14.3 Å². The lowest BCUT2D eigenvalue weighted by molar-refractivity contribution is -0.396. The van der Waals surface area contributed by atoms with Crippen LogP contribution in [0.5, 0.6) is 0 Å². The summed E-state index contributed by atoms with van der Waals surface area (Å²) in [6, 6.07) is 2.21. The zero-order chi connectivity index (χ0) is 13.9. The molecule has 1 rings (SSSR count). The molecule has 0 atom stereocenters. The maximum Gasteiger partial charge on any atom is 0.303 e. The van der Waals surface area contributed by atoms with Crippen LogP contribution in [-0.4, -0.2) is 24.9 Å². The van der Waals surface area contributed by atoms with Gasteiger partial charge in [0.25, 0.3) is 11.4 Å². The molecule has 0 aliphatic carbocycles. The Balaban J connectivity index is 3.46. The highest BCUT2D eigenvalue weighted by Crippen LogP contribution is 2.29. The Bertz CT molecular complexity index is 595. The minimum atomic E-state index is -4.29. The predicted molar refractivity (Wildman–Crippen MR) is 58.6 cm³/mol. The summed E-state index contributed by atoms with van der Waals surface area (Å²) in [6.07, 6.45) is 0. The van der Waals surface area contributed by atoms with Crippen LogP contribution in [0.4, 0.5) is 11.4 Å². The van der Waals surface area contributed by atoms with Gasteiger partial charge in [-0.25, -0.2) is 0 Å². The van der Waals surface area contributed by atoms with Crippen LogP contribution < -0.4 is 0 Å². The van der Waals surface area contributed by atoms with Gasteiger partial charge >= 0.3 is 10.1 Å². The predicted octanol–water partition coefficient (Wildman–Crippen LogP) is 1.23. The second kappa shape index (κ2) is 5.06. The molecular formula is C8H8N2O7S. The van der Waals surface area contributed by atoms with Crippen molar-refractivity contribution in [3.63, 3.8) is 0 Å². The molecule has 0 radical (unpaired) electrons. The summed E-state index contributed by atoms with van der Waals surface area (Å²) in [4.78, 5) is 18.6. The third kappa shape index (κ3) is 2.78. The van der Waals surface area contributed by atoms with E-state index in [-0.39, 0.29) is 6.61 Å². The van der Waals surface area contributed by atoms with E-state index in [9.17, 15) is 28.6 Å². The minimum absolute atomic E-state index is 0.198. The van der Waals surface area contributed by atoms with Gasteiger partial charge in [-0.2, -0.15) is 8.42 Å². The third-order valence-corrected chi connectivity index (χ3v) is 3.32. The molecule has 10 heteroatoms. The number of non-ortho nitro benzene ring substituents is 1. The molecule has 0 aliphatic heterocycles. The van der Waals surface area contributed by atoms with Gasteiger partial charge in [0.15, 0.2) is 4.90 Å². The maximum absolute atomic E-state index is 11.5. The number of hydrogen-bond acceptors (Lipinski definition) is 7. The van der Waals surface area contributed by atoms with E-state index in [0.29, 0.717) is 6.07 Å². The van der Waals surface area contributed by atoms with Crippen LogP contribution in [0.2, 0.25) is 0 Å². The lowest BCUT2D eigenvalue weighted by Gasteiger charge is -2.03. The fraction of sp³-hybridized carbons (Fsp3) is 0.250. The van der Waals surface area contributed by atoms with E-state index < -0.39 is 36.2 Å². The van der Waals surface area contributed by atoms with E-state index in [0.717, 1.165) is 12.1 Å². The molecule has 0 aliphatic rings. The summed E-state index contributed by atoms with van der Waals surface area (Å²) in [6.45, 7) is 1.20. The monoisotopic (exact) mass is 276 g/mol. The molecule has 1 aromatic carbocycles. The molecular weight excluding hydrogens is 268 g/mol. The smallest absolute Gasteiger partial charge is 0.266 e. The van der Waals surface area contributed by atoms with Crippen molar-refractivity contribution >= 4 is 21.5 Å². The lowest BCUT2D eigenvalue weighted by atomic mass is 10.3. The molecule has 0 N–H and O–H groups in total. The van der Waals surface area contributed by atoms with E-state index >= 15 is 0 Å². The van der Waals surface area contributed by atoms with Crippen LogP contribution in [0.25, 0.3) is 0 Å². The Morgan fingerprint density at radius 2 is 1.83 bits per heavy atom. The van der Waals surface area contributed by atoms with Gasteiger partial charge < -0.3 is 0 Å². The number of hydrogen-bond donors (Lipinski definition) is 0. The normalized spacial score (nSPS) is 11.2. The molecule has 1 aromatic rings. The van der Waals surface area contributed by atoms with E-state index in [1.807, 2.05) is 0 Å². The van der Waals surface area contributed by atoms with E-state index in [4.69, 9.17) is 0 Å². The largest absolute Gasteiger partial charge is 0.303 e. The first-order valence-electron chi connectivity index (χ1n) is 4.62. The first-order chi connectivity index (χ1) is 8.29. The Morgan fingerprint density at radius 3 is 2.28 bits per heavy atom. The Kier molecular flexibility index (Phi) is 3.93. The van der Waals surface area contributed by atoms with E-state index in [1.165, 1.54) is 6.92 Å². The topological polar surface area (TPSA) is 130 Å². The zero-order valence-corrected chi connectivity index (χ0v) is 9.92. The molecule has 0 bridgehead atoms. The molecule has 98 valence electrons. The van der Waals surface area contributed by atoms with Gasteiger partial charge in [-0.1, -0.05) is 0 Å². The number of benzene rings is 1. The van der Waals surface area contributed by atoms with Gasteiger partial charge in [0.05, 0.1) is 22.5 Å². The summed E-state index contributed by atoms with van der Waals surface area (Å²) in [5.74, 6) is 0. The molecule has 0 heterocycles. The zero-order valence-electron chi connectivity index (χ0n) is 9.10. The van der Waals surface area contributed by atoms with Gasteiger partial charge in [-0.15, -0.1) is 0 Å². The van der Waals surface area contributed by atoms with Crippen molar-refractivity contribution in [1.82, 2.24) is 0 Å². The quantitative estimate of drug-likeness (QED) is 0.449. The van der Waals surface area contributed by atoms with Gasteiger partial charge in [0.2, 0.25) is 0 Å². The Labute approximate surface area is 101 Å². The van der Waals surface area contributed by atoms with Crippen molar-refractivity contribution in [2.24, 2.45) is 0 Å². The van der Waals surface area contributed by atoms with Crippen molar-refractivity contribution in [3.05, 3.63) is 38.4 Å². The highest BCUT2D eigenvalue weighted by molar-refractivity contribution is 7.87. The molecule has 0 saturated heterocycles. The molecule has 0 amide bonds. The highest BCUT2D eigenvalue weighted by atomic mass is 32.2. The number of nitro groups is 2. The van der Waals surface area contributed by atoms with Crippen LogP contribution in [0.1, 0.15) is 6.92 Å². The van der Waals surface area contributed by atoms with E-state index in [1.54, 1.807) is 0 Å². The second-order valence-electron chi connectivity index (χ2n) is 3.03. The SMILES string of the molecule is CCOS(=O)(=O)c1ccc([N+](=O)[O-])cc1[N+](=O)[O-]. The summed E-state index contributed by atoms with van der Waals surface area (Å²) in [5.41, 5.74) is -1.46. The summed E-state index contributed by atoms with van der Waals surface area (Å²) in [7, 11) is -4.29. The van der Waals surface area contributed by atoms with Gasteiger partial charge in [-0.05, 0) is 13.0 Å². The van der Waals surface area contributed by atoms with Crippen molar-refractivity contribution in [2.45, 2.75) is 11.8 Å². The van der Waals surface area contributed by atoms with Crippen molar-refractivity contribution in [3.8, 4) is 0 Å². The second-order valence-corrected chi connectivity index (χ2v) is 4.61. The lowest BCUT2D eigenvalue weighted by Crippen LogP contribution is -2.09. The Morgan fingerprint density at radius 1 is 1.22 bits per heavy atom. The average Bonchev–Trinajstić information content (AvgIpc) is 2.27. The van der Waals surface area contributed by atoms with Crippen LogP contribution >= 0.6 is 0 Å². The maximum atomic E-state index is 11.5. The molecule has 0 spiro atoms. The minimum Gasteiger partial charge on any atom is -0.266 e. The number of nitrogens with zero attached hydrogens (tertiary/aromatic N) is 2. The number of nitro benzene ring substituents is 2. The Hall–Kier alpha value is -2.07. The van der Waals surface area contributed by atoms with E-state index in [2.05, 4.69) is 4.18 Å². The van der Waals surface area contributed by atoms with Crippen LogP contribution in [0.15, 0.2) is 23.1 Å². The van der Waals surface area contributed by atoms with Crippen molar-refractivity contribution in [1.29, 1.82) is 0 Å². The van der Waals surface area contributed by atoms with Gasteiger partial charge in [-0.3, -0.25) is 24.4 Å². The van der Waals surface area contributed by atoms with Crippen LogP contribution in [0, 0.1) is 20.2 Å². The third-order valence-electron chi connectivity index (χ3n) is 1.89. The molecule has 9 nitrogen and oxygen atoms in total. The van der Waals surface area contributed by atoms with Crippen molar-refractivity contribution in [2.75, 3.05) is 6.61 Å². The van der Waals surface area contributed by atoms with Crippen LogP contribution in [0.3, 0.4) is 0 Å². The molecule has 0 fully saturated rings. The summed E-state index contributed by atoms with van der Waals surface area (Å²) in [5, 5.41) is 21.2. The van der Waals surface area contributed by atoms with Gasteiger partial charge in [0.1, 0.15) is 0 Å². The molecule has 0 saturated carbocycles. The number of rotatable bonds is 5. The first kappa shape index (κ1) is 14.0. The molecule has 0 unspecified atom stereocenters. The first-order valence-corrected chi connectivity index (χ1v) is 6.02. The summed E-state index contributed by atoms with van der Waals surface area (Å²) < 4.78 is 27.5. The standard InChI is InChI=1S/C8H8N2O7S/c1-2-17-18(15,16)8-4-3-6(9(11)12)5-7(8)10(13)14/h3-5H,2H2,1H3. The fourth-order valence-corrected chi connectivity index (χ4v) is 2.25. The highest BCUT2D eigenvalue weighted by Gasteiger charge is 2.28. The fourth-order valence-electron chi connectivity index (χ4n) is 1.19. The van der Waals surface area contributed by atoms with Crippen molar-refractivity contribution < 1.29 is 22.4 Å².